The molecule has 4 aromatic rings. The zero-order chi connectivity index (χ0) is 37.3. The second-order valence-corrected chi connectivity index (χ2v) is 15.4. The minimum atomic E-state index is -1.06. The first-order chi connectivity index (χ1) is 25.4. The van der Waals surface area contributed by atoms with Gasteiger partial charge in [-0.15, -0.1) is 11.8 Å². The molecule has 3 aliphatic heterocycles. The van der Waals surface area contributed by atoms with Gasteiger partial charge in [-0.1, -0.05) is 32.9 Å². The molecular formula is C40H36N6O6S. The maximum absolute atomic E-state index is 14.1. The van der Waals surface area contributed by atoms with Gasteiger partial charge in [-0.05, 0) is 60.4 Å². The van der Waals surface area contributed by atoms with Crippen LogP contribution >= 0.6 is 11.8 Å². The van der Waals surface area contributed by atoms with Crippen molar-refractivity contribution in [1.29, 1.82) is 5.26 Å². The van der Waals surface area contributed by atoms with Crippen LogP contribution in [0.2, 0.25) is 0 Å². The number of amides is 5. The van der Waals surface area contributed by atoms with Gasteiger partial charge in [0.2, 0.25) is 17.7 Å². The lowest BCUT2D eigenvalue weighted by atomic mass is 9.70. The smallest absolute Gasteiger partial charge is 0.263 e. The van der Waals surface area contributed by atoms with Crippen LogP contribution in [0.5, 0.6) is 0 Å². The van der Waals surface area contributed by atoms with Crippen LogP contribution in [0.15, 0.2) is 53.4 Å². The Balaban J connectivity index is 0.968. The van der Waals surface area contributed by atoms with E-state index in [1.54, 1.807) is 35.2 Å². The summed E-state index contributed by atoms with van der Waals surface area (Å²) in [5.74, 6) is -2.34. The van der Waals surface area contributed by atoms with Crippen molar-refractivity contribution in [2.24, 2.45) is 0 Å². The quantitative estimate of drug-likeness (QED) is 0.218. The number of piperidine rings is 1. The van der Waals surface area contributed by atoms with Gasteiger partial charge in [-0.2, -0.15) is 5.26 Å². The largest absolute Gasteiger partial charge is 0.368 e. The summed E-state index contributed by atoms with van der Waals surface area (Å²) < 4.78 is 0. The lowest BCUT2D eigenvalue weighted by Crippen LogP contribution is -2.54. The number of piperazine rings is 1. The third-order valence-corrected chi connectivity index (χ3v) is 12.1. The number of hydrogen-bond acceptors (Lipinski definition) is 9. The molecule has 1 aliphatic carbocycles. The van der Waals surface area contributed by atoms with E-state index >= 15 is 0 Å². The Bertz CT molecular complexity index is 2360. The van der Waals surface area contributed by atoms with Crippen LogP contribution in [0.25, 0.3) is 10.9 Å². The van der Waals surface area contributed by atoms with Gasteiger partial charge >= 0.3 is 0 Å². The maximum Gasteiger partial charge on any atom is 0.263 e. The van der Waals surface area contributed by atoms with Crippen LogP contribution in [0, 0.1) is 11.3 Å². The Labute approximate surface area is 309 Å². The van der Waals surface area contributed by atoms with Crippen LogP contribution in [-0.2, 0) is 26.2 Å². The van der Waals surface area contributed by atoms with E-state index in [0.717, 1.165) is 44.7 Å². The first kappa shape index (κ1) is 34.4. The van der Waals surface area contributed by atoms with Crippen molar-refractivity contribution < 1.29 is 28.8 Å². The van der Waals surface area contributed by atoms with E-state index in [-0.39, 0.29) is 41.4 Å². The fourth-order valence-corrected chi connectivity index (χ4v) is 9.17. The number of aromatic amines is 1. The van der Waals surface area contributed by atoms with Gasteiger partial charge < -0.3 is 14.8 Å². The predicted molar refractivity (Wildman–Crippen MR) is 197 cm³/mol. The third-order valence-electron chi connectivity index (χ3n) is 11.1. The maximum atomic E-state index is 14.1. The molecule has 4 aliphatic rings. The average Bonchev–Trinajstić information content (AvgIpc) is 3.67. The molecule has 2 N–H and O–H groups in total. The normalized spacial score (nSPS) is 19.2. The number of nitrogens with one attached hydrogen (secondary N) is 2. The van der Waals surface area contributed by atoms with E-state index in [1.807, 2.05) is 12.1 Å². The molecule has 1 atom stereocenters. The monoisotopic (exact) mass is 728 g/mol. The molecule has 268 valence electrons. The molecule has 4 heterocycles. The Hall–Kier alpha value is -5.74. The number of aromatic nitrogens is 1. The summed E-state index contributed by atoms with van der Waals surface area (Å²) in [4.78, 5) is 87.4. The van der Waals surface area contributed by atoms with E-state index in [2.05, 4.69) is 48.1 Å². The van der Waals surface area contributed by atoms with E-state index < -0.39 is 35.1 Å². The number of nitriles is 1. The van der Waals surface area contributed by atoms with Gasteiger partial charge in [-0.25, -0.2) is 0 Å². The molecule has 53 heavy (non-hydrogen) atoms. The molecule has 2 saturated heterocycles. The predicted octanol–water partition coefficient (Wildman–Crippen LogP) is 4.31. The molecule has 8 rings (SSSR count). The van der Waals surface area contributed by atoms with Gasteiger partial charge in [-0.3, -0.25) is 39.0 Å². The van der Waals surface area contributed by atoms with E-state index in [4.69, 9.17) is 0 Å². The lowest BCUT2D eigenvalue weighted by Gasteiger charge is -2.39. The van der Waals surface area contributed by atoms with Crippen molar-refractivity contribution in [1.82, 2.24) is 20.1 Å². The molecular weight excluding hydrogens is 693 g/mol. The van der Waals surface area contributed by atoms with Crippen molar-refractivity contribution in [3.05, 3.63) is 93.2 Å². The topological polar surface area (TPSA) is 164 Å². The summed E-state index contributed by atoms with van der Waals surface area (Å²) in [6.07, 6.45) is 0.830. The molecule has 12 nitrogen and oxygen atoms in total. The van der Waals surface area contributed by atoms with Gasteiger partial charge in [0.1, 0.15) is 6.04 Å². The fourth-order valence-electron chi connectivity index (χ4n) is 8.19. The number of aryl methyl sites for hydroxylation is 1. The highest BCUT2D eigenvalue weighted by Crippen LogP contribution is 2.46. The Morgan fingerprint density at radius 3 is 2.45 bits per heavy atom. The van der Waals surface area contributed by atoms with E-state index in [1.165, 1.54) is 11.8 Å². The van der Waals surface area contributed by atoms with Crippen molar-refractivity contribution in [3.63, 3.8) is 0 Å². The molecule has 0 spiro atoms. The van der Waals surface area contributed by atoms with E-state index in [9.17, 15) is 34.0 Å². The number of benzene rings is 3. The molecule has 1 aromatic heterocycles. The van der Waals surface area contributed by atoms with E-state index in [0.29, 0.717) is 47.8 Å². The molecule has 13 heteroatoms. The first-order valence-corrected chi connectivity index (χ1v) is 18.7. The minimum Gasteiger partial charge on any atom is -0.368 e. The summed E-state index contributed by atoms with van der Waals surface area (Å²) >= 11 is 1.19. The number of carbonyl (C=O) groups is 6. The number of fused-ring (bicyclic) bond motifs is 5. The third kappa shape index (κ3) is 5.42. The fraction of sp³-hybridized carbons (Fsp3) is 0.325. The second-order valence-electron chi connectivity index (χ2n) is 14.4. The zero-order valence-corrected chi connectivity index (χ0v) is 30.3. The number of hydrogen-bond donors (Lipinski definition) is 2. The highest BCUT2D eigenvalue weighted by molar-refractivity contribution is 8.00. The van der Waals surface area contributed by atoms with Crippen LogP contribution in [-0.4, -0.2) is 88.1 Å². The second kappa shape index (κ2) is 12.7. The number of ketones is 1. The number of thioether (sulfide) groups is 1. The SMILES string of the molecule is CCc1cc2c(cc1N1CCN(C(=O)CSc3cccc4c3C(=O)N(C3CCC(=O)NC3=O)C4=O)CC1)C(C)(C)c1[nH]c3cc(C#N)ccc3c1C2=O. The van der Waals surface area contributed by atoms with Gasteiger partial charge in [0.15, 0.2) is 5.78 Å². The number of rotatable bonds is 6. The summed E-state index contributed by atoms with van der Waals surface area (Å²) in [5, 5.41) is 12.5. The van der Waals surface area contributed by atoms with Gasteiger partial charge in [0, 0.05) is 70.8 Å². The standard InChI is InChI=1S/C40H36N6O6S/c1-4-22-17-25-26(40(2,3)36-34(35(25)49)23-9-8-21(19-41)16-27(23)42-36)18-29(22)44-12-14-45(15-13-44)32(48)20-53-30-7-5-6-24-33(30)39(52)46(38(24)51)28-10-11-31(47)43-37(28)50/h5-9,16-18,28,42H,4,10-15,20H2,1-3H3,(H,43,47,50). The molecule has 0 bridgehead atoms. The molecule has 2 fully saturated rings. The number of H-pyrrole nitrogens is 1. The van der Waals surface area contributed by atoms with Crippen molar-refractivity contribution in [2.45, 2.75) is 56.4 Å². The molecule has 0 radical (unpaired) electrons. The Morgan fingerprint density at radius 2 is 1.74 bits per heavy atom. The summed E-state index contributed by atoms with van der Waals surface area (Å²) in [5.41, 5.74) is 6.36. The number of anilines is 1. The number of carbonyl (C=O) groups excluding carboxylic acids is 6. The van der Waals surface area contributed by atoms with Crippen LogP contribution in [0.3, 0.4) is 0 Å². The van der Waals surface area contributed by atoms with Crippen molar-refractivity contribution >= 4 is 63.7 Å². The van der Waals surface area contributed by atoms with Crippen molar-refractivity contribution in [2.75, 3.05) is 36.8 Å². The summed E-state index contributed by atoms with van der Waals surface area (Å²) in [6, 6.07) is 15.6. The Morgan fingerprint density at radius 1 is 0.962 bits per heavy atom. The van der Waals surface area contributed by atoms with Crippen LogP contribution in [0.4, 0.5) is 5.69 Å². The summed E-state index contributed by atoms with van der Waals surface area (Å²) in [6.45, 7) is 8.47. The molecule has 5 amide bonds. The van der Waals surface area contributed by atoms with Crippen LogP contribution in [0.1, 0.15) is 92.6 Å². The van der Waals surface area contributed by atoms with Gasteiger partial charge in [0.05, 0.1) is 34.1 Å². The summed E-state index contributed by atoms with van der Waals surface area (Å²) in [7, 11) is 0. The minimum absolute atomic E-state index is 0.0294. The molecule has 1 unspecified atom stereocenters. The van der Waals surface area contributed by atoms with Crippen LogP contribution < -0.4 is 10.2 Å². The van der Waals surface area contributed by atoms with Gasteiger partial charge in [0.25, 0.3) is 11.8 Å². The average molecular weight is 729 g/mol. The number of imide groups is 2. The first-order valence-electron chi connectivity index (χ1n) is 17.7. The van der Waals surface area contributed by atoms with Crippen molar-refractivity contribution in [3.8, 4) is 6.07 Å². The number of nitrogens with zero attached hydrogens (tertiary/aromatic N) is 4. The highest BCUT2D eigenvalue weighted by Gasteiger charge is 2.46. The molecule has 3 aromatic carbocycles. The lowest BCUT2D eigenvalue weighted by molar-refractivity contribution is -0.136. The Kier molecular flexibility index (Phi) is 8.25. The highest BCUT2D eigenvalue weighted by atomic mass is 32.2. The molecule has 0 saturated carbocycles. The zero-order valence-electron chi connectivity index (χ0n) is 29.5.